The van der Waals surface area contributed by atoms with Gasteiger partial charge >= 0.3 is 12.1 Å². The number of hydrogen-bond donors (Lipinski definition) is 1. The zero-order valence-electron chi connectivity index (χ0n) is 14.4. The molecule has 27 heavy (non-hydrogen) atoms. The van der Waals surface area contributed by atoms with Crippen LogP contribution in [0.15, 0.2) is 48.5 Å². The van der Waals surface area contributed by atoms with Crippen LogP contribution >= 0.6 is 0 Å². The lowest BCUT2D eigenvalue weighted by molar-refractivity contribution is -0.385. The Bertz CT molecular complexity index is 868. The molecule has 1 N–H and O–H groups in total. The second-order valence-corrected chi connectivity index (χ2v) is 6.24. The molecule has 0 radical (unpaired) electrons. The van der Waals surface area contributed by atoms with Crippen molar-refractivity contribution in [3.8, 4) is 0 Å². The van der Waals surface area contributed by atoms with Gasteiger partial charge in [-0.2, -0.15) is 0 Å². The van der Waals surface area contributed by atoms with Crippen LogP contribution in [-0.2, 0) is 22.6 Å². The zero-order chi connectivity index (χ0) is 19.4. The summed E-state index contributed by atoms with van der Waals surface area (Å²) in [6.45, 7) is 0.355. The van der Waals surface area contributed by atoms with Crippen LogP contribution in [0.1, 0.15) is 29.2 Å². The molecule has 1 aliphatic heterocycles. The van der Waals surface area contributed by atoms with Crippen LogP contribution < -0.4 is 0 Å². The zero-order valence-corrected chi connectivity index (χ0v) is 14.4. The Labute approximate surface area is 155 Å². The highest BCUT2D eigenvalue weighted by atomic mass is 16.6. The van der Waals surface area contributed by atoms with Crippen molar-refractivity contribution in [1.29, 1.82) is 0 Å². The van der Waals surface area contributed by atoms with Gasteiger partial charge in [0.05, 0.1) is 17.4 Å². The Morgan fingerprint density at radius 1 is 1.22 bits per heavy atom. The number of nitro benzene ring substituents is 1. The summed E-state index contributed by atoms with van der Waals surface area (Å²) in [4.78, 5) is 35.8. The van der Waals surface area contributed by atoms with Gasteiger partial charge in [0.2, 0.25) is 0 Å². The smallest absolute Gasteiger partial charge is 0.410 e. The van der Waals surface area contributed by atoms with E-state index in [0.29, 0.717) is 12.0 Å². The largest absolute Gasteiger partial charge is 0.481 e. The normalized spacial score (nSPS) is 15.7. The fourth-order valence-corrected chi connectivity index (χ4v) is 3.20. The number of amides is 1. The van der Waals surface area contributed by atoms with Crippen LogP contribution in [0.4, 0.5) is 10.5 Å². The van der Waals surface area contributed by atoms with E-state index in [1.54, 1.807) is 6.07 Å². The summed E-state index contributed by atoms with van der Waals surface area (Å²) in [5, 5.41) is 20.3. The molecular formula is C19H18N2O6. The van der Waals surface area contributed by atoms with Crippen molar-refractivity contribution in [1.82, 2.24) is 4.90 Å². The quantitative estimate of drug-likeness (QED) is 0.639. The number of hydrogen-bond acceptors (Lipinski definition) is 5. The molecule has 1 atom stereocenters. The molecule has 0 saturated heterocycles. The number of carbonyl (C=O) groups excluding carboxylic acids is 1. The third kappa shape index (κ3) is 4.22. The first-order valence-corrected chi connectivity index (χ1v) is 8.42. The van der Waals surface area contributed by atoms with Crippen molar-refractivity contribution in [2.24, 2.45) is 0 Å². The molecule has 0 aliphatic carbocycles. The van der Waals surface area contributed by atoms with Gasteiger partial charge in [-0.15, -0.1) is 0 Å². The SMILES string of the molecule is O=C(O)CC1c2cc([N+](=O)[O-])ccc2CCN1C(=O)OCc1ccccc1. The topological polar surface area (TPSA) is 110 Å². The minimum atomic E-state index is -1.10. The summed E-state index contributed by atoms with van der Waals surface area (Å²) in [5.74, 6) is -1.10. The van der Waals surface area contributed by atoms with Crippen molar-refractivity contribution >= 4 is 17.7 Å². The minimum Gasteiger partial charge on any atom is -0.481 e. The van der Waals surface area contributed by atoms with E-state index >= 15 is 0 Å². The average Bonchev–Trinajstić information content (AvgIpc) is 2.66. The molecule has 0 fully saturated rings. The lowest BCUT2D eigenvalue weighted by atomic mass is 9.90. The van der Waals surface area contributed by atoms with Crippen LogP contribution in [-0.4, -0.2) is 33.5 Å². The summed E-state index contributed by atoms with van der Waals surface area (Å²) in [6, 6.07) is 12.7. The van der Waals surface area contributed by atoms with Gasteiger partial charge in [0, 0.05) is 18.7 Å². The average molecular weight is 370 g/mol. The highest BCUT2D eigenvalue weighted by molar-refractivity contribution is 5.73. The van der Waals surface area contributed by atoms with E-state index in [9.17, 15) is 24.8 Å². The molecular weight excluding hydrogens is 352 g/mol. The molecule has 8 nitrogen and oxygen atoms in total. The number of carboxylic acid groups (broad SMARTS) is 1. The van der Waals surface area contributed by atoms with Crippen LogP contribution in [0.25, 0.3) is 0 Å². The lowest BCUT2D eigenvalue weighted by Gasteiger charge is -2.35. The number of carboxylic acids is 1. The predicted octanol–water partition coefficient (Wildman–Crippen LogP) is 3.31. The fourth-order valence-electron chi connectivity index (χ4n) is 3.20. The van der Waals surface area contributed by atoms with Crippen molar-refractivity contribution < 1.29 is 24.4 Å². The van der Waals surface area contributed by atoms with Gasteiger partial charge in [-0.25, -0.2) is 4.79 Å². The van der Waals surface area contributed by atoms with Gasteiger partial charge in [-0.3, -0.25) is 14.9 Å². The van der Waals surface area contributed by atoms with E-state index in [-0.39, 0.29) is 25.3 Å². The highest BCUT2D eigenvalue weighted by Gasteiger charge is 2.34. The summed E-state index contributed by atoms with van der Waals surface area (Å²) in [6.07, 6.45) is -0.513. The van der Waals surface area contributed by atoms with Crippen LogP contribution in [0.5, 0.6) is 0 Å². The van der Waals surface area contributed by atoms with Gasteiger partial charge in [-0.1, -0.05) is 36.4 Å². The van der Waals surface area contributed by atoms with Crippen molar-refractivity contribution in [3.63, 3.8) is 0 Å². The van der Waals surface area contributed by atoms with E-state index in [2.05, 4.69) is 0 Å². The second kappa shape index (κ2) is 7.86. The number of ether oxygens (including phenoxy) is 1. The maximum atomic E-state index is 12.6. The Morgan fingerprint density at radius 3 is 2.63 bits per heavy atom. The van der Waals surface area contributed by atoms with Crippen molar-refractivity contribution in [3.05, 3.63) is 75.3 Å². The first-order chi connectivity index (χ1) is 13.0. The van der Waals surface area contributed by atoms with E-state index in [4.69, 9.17) is 4.74 Å². The summed E-state index contributed by atoms with van der Waals surface area (Å²) >= 11 is 0. The Hall–Kier alpha value is -3.42. The Morgan fingerprint density at radius 2 is 1.96 bits per heavy atom. The van der Waals surface area contributed by atoms with Gasteiger partial charge in [0.1, 0.15) is 6.61 Å². The molecule has 1 unspecified atom stereocenters. The summed E-state index contributed by atoms with van der Waals surface area (Å²) < 4.78 is 5.33. The number of carbonyl (C=O) groups is 2. The van der Waals surface area contributed by atoms with Crippen LogP contribution in [0.3, 0.4) is 0 Å². The first kappa shape index (κ1) is 18.4. The van der Waals surface area contributed by atoms with Crippen LogP contribution in [0.2, 0.25) is 0 Å². The fraction of sp³-hybridized carbons (Fsp3) is 0.263. The minimum absolute atomic E-state index is 0.0672. The molecule has 140 valence electrons. The molecule has 2 aromatic carbocycles. The van der Waals surface area contributed by atoms with Gasteiger partial charge in [0.15, 0.2) is 0 Å². The standard InChI is InChI=1S/C19H18N2O6/c22-18(23)11-17-16-10-15(21(25)26)7-6-14(16)8-9-20(17)19(24)27-12-13-4-2-1-3-5-13/h1-7,10,17H,8-9,11-12H2,(H,22,23). The van der Waals surface area contributed by atoms with E-state index in [1.165, 1.54) is 17.0 Å². The Balaban J connectivity index is 1.83. The molecule has 0 aromatic heterocycles. The number of nitro groups is 1. The summed E-state index contributed by atoms with van der Waals surface area (Å²) in [5.41, 5.74) is 1.96. The second-order valence-electron chi connectivity index (χ2n) is 6.24. The number of nitrogens with zero attached hydrogens (tertiary/aromatic N) is 2. The molecule has 3 rings (SSSR count). The molecule has 1 amide bonds. The van der Waals surface area contributed by atoms with E-state index < -0.39 is 23.0 Å². The number of rotatable bonds is 5. The first-order valence-electron chi connectivity index (χ1n) is 8.42. The van der Waals surface area contributed by atoms with Gasteiger partial charge in [-0.05, 0) is 23.1 Å². The molecule has 2 aromatic rings. The van der Waals surface area contributed by atoms with Crippen molar-refractivity contribution in [2.75, 3.05) is 6.54 Å². The molecule has 1 aliphatic rings. The number of fused-ring (bicyclic) bond motifs is 1. The number of non-ortho nitro benzene ring substituents is 1. The number of benzene rings is 2. The molecule has 1 heterocycles. The summed E-state index contributed by atoms with van der Waals surface area (Å²) in [7, 11) is 0. The molecule has 0 spiro atoms. The molecule has 8 heteroatoms. The highest BCUT2D eigenvalue weighted by Crippen LogP contribution is 2.35. The monoisotopic (exact) mass is 370 g/mol. The predicted molar refractivity (Wildman–Crippen MR) is 95.1 cm³/mol. The van der Waals surface area contributed by atoms with Crippen molar-refractivity contribution in [2.45, 2.75) is 25.5 Å². The third-order valence-corrected chi connectivity index (χ3v) is 4.51. The van der Waals surface area contributed by atoms with Gasteiger partial charge < -0.3 is 14.7 Å². The van der Waals surface area contributed by atoms with Gasteiger partial charge in [0.25, 0.3) is 5.69 Å². The maximum Gasteiger partial charge on any atom is 0.410 e. The Kier molecular flexibility index (Phi) is 5.35. The van der Waals surface area contributed by atoms with E-state index in [1.807, 2.05) is 30.3 Å². The molecule has 0 saturated carbocycles. The molecule has 0 bridgehead atoms. The maximum absolute atomic E-state index is 12.6. The third-order valence-electron chi connectivity index (χ3n) is 4.51. The lowest BCUT2D eigenvalue weighted by Crippen LogP contribution is -2.41. The van der Waals surface area contributed by atoms with Crippen LogP contribution in [0, 0.1) is 10.1 Å². The number of aliphatic carboxylic acids is 1. The van der Waals surface area contributed by atoms with E-state index in [0.717, 1.165) is 11.1 Å².